The molecule has 0 saturated carbocycles. The maximum atomic E-state index is 11.9. The smallest absolute Gasteiger partial charge is 0.365 e. The normalized spacial score (nSPS) is 12.9. The van der Waals surface area contributed by atoms with Crippen molar-refractivity contribution in [1.82, 2.24) is 0 Å². The first-order valence-electron chi connectivity index (χ1n) is 4.34. The van der Waals surface area contributed by atoms with Gasteiger partial charge in [-0.25, -0.2) is 0 Å². The van der Waals surface area contributed by atoms with E-state index in [0.717, 1.165) is 0 Å². The number of rotatable bonds is 3. The van der Waals surface area contributed by atoms with Gasteiger partial charge < -0.3 is 10.2 Å². The van der Waals surface area contributed by atoms with Crippen molar-refractivity contribution in [3.8, 4) is 0 Å². The molecule has 0 aliphatic rings. The van der Waals surface area contributed by atoms with Gasteiger partial charge in [-0.2, -0.15) is 13.2 Å². The van der Waals surface area contributed by atoms with Crippen molar-refractivity contribution in [2.24, 2.45) is 0 Å². The largest absolute Gasteiger partial charge is 0.394 e. The van der Waals surface area contributed by atoms with E-state index in [1.165, 1.54) is 12.1 Å². The van der Waals surface area contributed by atoms with Gasteiger partial charge in [0.1, 0.15) is 0 Å². The zero-order valence-electron chi connectivity index (χ0n) is 7.83. The molecule has 0 amide bonds. The maximum absolute atomic E-state index is 11.9. The molecule has 0 radical (unpaired) electrons. The Morgan fingerprint density at radius 1 is 1.00 bits per heavy atom. The van der Waals surface area contributed by atoms with Crippen molar-refractivity contribution in [1.29, 1.82) is 0 Å². The van der Waals surface area contributed by atoms with Crippen molar-refractivity contribution in [3.05, 3.63) is 35.9 Å². The van der Waals surface area contributed by atoms with Crippen LogP contribution in [0.2, 0.25) is 0 Å². The van der Waals surface area contributed by atoms with Crippen LogP contribution in [0.5, 0.6) is 0 Å². The number of alkyl halides is 3. The van der Waals surface area contributed by atoms with Crippen LogP contribution in [0.3, 0.4) is 0 Å². The summed E-state index contributed by atoms with van der Waals surface area (Å²) in [6, 6.07) is 8.02. The summed E-state index contributed by atoms with van der Waals surface area (Å²) >= 11 is 0. The zero-order chi connectivity index (χ0) is 11.5. The molecule has 2 N–H and O–H groups in total. The monoisotopic (exact) mass is 220 g/mol. The van der Waals surface area contributed by atoms with Gasteiger partial charge in [0.15, 0.2) is 5.79 Å². The molecule has 0 fully saturated rings. The minimum Gasteiger partial charge on any atom is -0.365 e. The number of hydrogen-bond acceptors (Lipinski definition) is 2. The van der Waals surface area contributed by atoms with Crippen LogP contribution in [0.25, 0.3) is 0 Å². The van der Waals surface area contributed by atoms with E-state index in [-0.39, 0.29) is 0 Å². The van der Waals surface area contributed by atoms with Crippen LogP contribution >= 0.6 is 0 Å². The van der Waals surface area contributed by atoms with Gasteiger partial charge in [-0.15, -0.1) is 0 Å². The molecule has 84 valence electrons. The Hall–Kier alpha value is -1.07. The average molecular weight is 220 g/mol. The molecule has 0 saturated heterocycles. The van der Waals surface area contributed by atoms with Gasteiger partial charge in [0.25, 0.3) is 0 Å². The van der Waals surface area contributed by atoms with E-state index in [0.29, 0.717) is 5.56 Å². The van der Waals surface area contributed by atoms with Crippen LogP contribution in [0, 0.1) is 0 Å². The van der Waals surface area contributed by atoms with E-state index in [1.54, 1.807) is 18.2 Å². The maximum Gasteiger partial charge on any atom is 0.394 e. The Bertz CT molecular complexity index is 306. The molecular weight excluding hydrogens is 209 g/mol. The summed E-state index contributed by atoms with van der Waals surface area (Å²) in [6.07, 6.45) is -6.65. The Balaban J connectivity index is 2.65. The lowest BCUT2D eigenvalue weighted by Gasteiger charge is -2.23. The summed E-state index contributed by atoms with van der Waals surface area (Å²) in [6.45, 7) is 0. The fraction of sp³-hybridized carbons (Fsp3) is 0.400. The number of halogens is 3. The lowest BCUT2D eigenvalue weighted by atomic mass is 10.0. The second kappa shape index (κ2) is 4.20. The quantitative estimate of drug-likeness (QED) is 0.763. The molecule has 0 aromatic heterocycles. The molecule has 0 atom stereocenters. The van der Waals surface area contributed by atoms with Crippen LogP contribution in [0.15, 0.2) is 30.3 Å². The highest BCUT2D eigenvalue weighted by Crippen LogP contribution is 2.28. The summed E-state index contributed by atoms with van der Waals surface area (Å²) in [5, 5.41) is 18.3. The molecule has 1 rings (SSSR count). The molecule has 0 unspecified atom stereocenters. The lowest BCUT2D eigenvalue weighted by molar-refractivity contribution is -0.243. The number of aliphatic hydroxyl groups is 2. The molecule has 2 nitrogen and oxygen atoms in total. The molecule has 0 aliphatic heterocycles. The third-order valence-corrected chi connectivity index (χ3v) is 1.81. The van der Waals surface area contributed by atoms with E-state index in [1.807, 2.05) is 0 Å². The van der Waals surface area contributed by atoms with Gasteiger partial charge in [0, 0.05) is 6.42 Å². The highest BCUT2D eigenvalue weighted by molar-refractivity contribution is 5.16. The van der Waals surface area contributed by atoms with Crippen molar-refractivity contribution in [3.63, 3.8) is 0 Å². The summed E-state index contributed by atoms with van der Waals surface area (Å²) in [7, 11) is 0. The Morgan fingerprint density at radius 3 is 2.00 bits per heavy atom. The molecule has 0 heterocycles. The highest BCUT2D eigenvalue weighted by Gasteiger charge is 2.39. The van der Waals surface area contributed by atoms with Crippen molar-refractivity contribution < 1.29 is 23.4 Å². The van der Waals surface area contributed by atoms with Crippen molar-refractivity contribution in [2.45, 2.75) is 24.8 Å². The third-order valence-electron chi connectivity index (χ3n) is 1.81. The van der Waals surface area contributed by atoms with Crippen LogP contribution in [0.4, 0.5) is 13.2 Å². The van der Waals surface area contributed by atoms with E-state index in [9.17, 15) is 13.2 Å². The summed E-state index contributed by atoms with van der Waals surface area (Å²) < 4.78 is 35.8. The summed E-state index contributed by atoms with van der Waals surface area (Å²) in [4.78, 5) is 0. The Kier molecular flexibility index (Phi) is 3.36. The van der Waals surface area contributed by atoms with Crippen LogP contribution < -0.4 is 0 Å². The van der Waals surface area contributed by atoms with E-state index in [2.05, 4.69) is 0 Å². The lowest BCUT2D eigenvalue weighted by Crippen LogP contribution is -2.36. The number of benzene rings is 1. The van der Waals surface area contributed by atoms with Crippen LogP contribution in [-0.4, -0.2) is 22.2 Å². The summed E-state index contributed by atoms with van der Waals surface area (Å²) in [5.41, 5.74) is 0.451. The Morgan fingerprint density at radius 2 is 1.53 bits per heavy atom. The summed E-state index contributed by atoms with van der Waals surface area (Å²) in [5.74, 6) is -2.74. The minimum absolute atomic E-state index is 0.437. The van der Waals surface area contributed by atoms with Crippen LogP contribution in [0.1, 0.15) is 12.0 Å². The fourth-order valence-electron chi connectivity index (χ4n) is 1.31. The molecule has 0 bridgehead atoms. The second-order valence-electron chi connectivity index (χ2n) is 3.44. The first-order valence-corrected chi connectivity index (χ1v) is 4.34. The first kappa shape index (κ1) is 12.0. The van der Waals surface area contributed by atoms with E-state index < -0.39 is 24.8 Å². The van der Waals surface area contributed by atoms with Gasteiger partial charge in [0.05, 0.1) is 6.42 Å². The topological polar surface area (TPSA) is 40.5 Å². The molecule has 1 aromatic rings. The zero-order valence-corrected chi connectivity index (χ0v) is 7.83. The minimum atomic E-state index is -4.59. The van der Waals surface area contributed by atoms with Crippen molar-refractivity contribution in [2.75, 3.05) is 0 Å². The number of hydrogen-bond donors (Lipinski definition) is 2. The van der Waals surface area contributed by atoms with Gasteiger partial charge in [0.2, 0.25) is 0 Å². The standard InChI is InChI=1S/C10H11F3O2/c11-10(12,13)7-9(14,15)6-8-4-2-1-3-5-8/h1-5,14-15H,6-7H2. The fourth-order valence-corrected chi connectivity index (χ4v) is 1.31. The van der Waals surface area contributed by atoms with Gasteiger partial charge >= 0.3 is 6.18 Å². The van der Waals surface area contributed by atoms with E-state index in [4.69, 9.17) is 10.2 Å². The highest BCUT2D eigenvalue weighted by atomic mass is 19.4. The molecule has 0 spiro atoms. The first-order chi connectivity index (χ1) is 6.79. The van der Waals surface area contributed by atoms with E-state index >= 15 is 0 Å². The molecule has 5 heteroatoms. The van der Waals surface area contributed by atoms with Gasteiger partial charge in [-0.3, -0.25) is 0 Å². The second-order valence-corrected chi connectivity index (χ2v) is 3.44. The molecular formula is C10H11F3O2. The van der Waals surface area contributed by atoms with Gasteiger partial charge in [-0.1, -0.05) is 30.3 Å². The van der Waals surface area contributed by atoms with Gasteiger partial charge in [-0.05, 0) is 5.56 Å². The SMILES string of the molecule is OC(O)(Cc1ccccc1)CC(F)(F)F. The van der Waals surface area contributed by atoms with Crippen LogP contribution in [-0.2, 0) is 6.42 Å². The molecule has 1 aromatic carbocycles. The predicted molar refractivity (Wildman–Crippen MR) is 48.0 cm³/mol. The van der Waals surface area contributed by atoms with Crippen molar-refractivity contribution >= 4 is 0 Å². The molecule has 15 heavy (non-hydrogen) atoms. The Labute approximate surface area is 85.0 Å². The average Bonchev–Trinajstić information content (AvgIpc) is 1.99. The molecule has 0 aliphatic carbocycles. The predicted octanol–water partition coefficient (Wildman–Crippen LogP) is 1.86. The third kappa shape index (κ3) is 4.80.